The van der Waals surface area contributed by atoms with Crippen LogP contribution in [0.2, 0.25) is 0 Å². The summed E-state index contributed by atoms with van der Waals surface area (Å²) in [6.07, 6.45) is 11.8. The molecule has 2 N–H and O–H groups in total. The van der Waals surface area contributed by atoms with Gasteiger partial charge >= 0.3 is 5.97 Å². The summed E-state index contributed by atoms with van der Waals surface area (Å²) < 4.78 is 36.1. The molecule has 0 aromatic heterocycles. The Labute approximate surface area is 197 Å². The number of carboxylic acids is 1. The fourth-order valence-corrected chi connectivity index (χ4v) is 3.05. The summed E-state index contributed by atoms with van der Waals surface area (Å²) in [5.41, 5.74) is 0. The Morgan fingerprint density at radius 1 is 0.897 bits per heavy atom. The van der Waals surface area contributed by atoms with Gasteiger partial charge in [0.15, 0.2) is 0 Å². The quantitative estimate of drug-likeness (QED) is 0.144. The van der Waals surface area contributed by atoms with Crippen molar-refractivity contribution in [2.75, 3.05) is 32.1 Å². The first-order valence-corrected chi connectivity index (χ1v) is 11.6. The molecule has 0 rings (SSSR count). The normalized spacial score (nSPS) is 11.4. The van der Waals surface area contributed by atoms with Gasteiger partial charge in [-0.05, 0) is 12.8 Å². The van der Waals surface area contributed by atoms with Gasteiger partial charge in [0.2, 0.25) is 5.91 Å². The van der Waals surface area contributed by atoms with Crippen molar-refractivity contribution in [3.05, 3.63) is 12.2 Å². The number of hydrogen-bond acceptors (Lipinski definition) is 5. The number of amides is 1. The number of rotatable bonds is 18. The smallest absolute Gasteiger partial charge is 0.328 e. The van der Waals surface area contributed by atoms with E-state index in [0.717, 1.165) is 18.9 Å². The van der Waals surface area contributed by atoms with Crippen molar-refractivity contribution in [1.29, 1.82) is 0 Å². The summed E-state index contributed by atoms with van der Waals surface area (Å²) in [5.74, 6) is -2.48. The van der Waals surface area contributed by atoms with E-state index in [4.69, 9.17) is 14.4 Å². The number of hydrogen-bond donors (Lipinski definition) is 2. The largest absolute Gasteiger partial charge is 0.478 e. The Bertz CT molecular complexity index is 567. The second-order valence-corrected chi connectivity index (χ2v) is 8.30. The van der Waals surface area contributed by atoms with Crippen LogP contribution in [-0.4, -0.2) is 96.5 Å². The number of nitrogens with zero attached hydrogens (tertiary/aromatic N) is 1. The molecular formula is C19H35NNaO7S. The molecule has 0 unspecified atom stereocenters. The molecule has 0 fully saturated rings. The molecule has 0 saturated carbocycles. The van der Waals surface area contributed by atoms with Crippen molar-refractivity contribution in [2.24, 2.45) is 0 Å². The molecule has 0 aromatic carbocycles. The number of carboxylic acid groups (broad SMARTS) is 1. The van der Waals surface area contributed by atoms with Crippen LogP contribution in [0.4, 0.5) is 0 Å². The number of carbonyl (C=O) groups is 2. The van der Waals surface area contributed by atoms with E-state index in [2.05, 4.69) is 6.92 Å². The third-order valence-corrected chi connectivity index (χ3v) is 4.86. The van der Waals surface area contributed by atoms with Crippen LogP contribution in [0.25, 0.3) is 0 Å². The molecule has 1 radical (unpaired) electrons. The molecule has 165 valence electrons. The maximum Gasteiger partial charge on any atom is 0.328 e. The van der Waals surface area contributed by atoms with Gasteiger partial charge in [0.05, 0.1) is 5.75 Å². The molecule has 1 amide bonds. The van der Waals surface area contributed by atoms with Gasteiger partial charge in [-0.25, -0.2) is 4.79 Å². The Balaban J connectivity index is 0. The van der Waals surface area contributed by atoms with Gasteiger partial charge in [-0.3, -0.25) is 9.35 Å². The Hall–Kier alpha value is -0.450. The van der Waals surface area contributed by atoms with E-state index >= 15 is 0 Å². The summed E-state index contributed by atoms with van der Waals surface area (Å²) in [6, 6.07) is 0. The van der Waals surface area contributed by atoms with Gasteiger partial charge in [0, 0.05) is 68.0 Å². The van der Waals surface area contributed by atoms with E-state index in [-0.39, 0.29) is 42.6 Å². The first-order valence-electron chi connectivity index (χ1n) is 9.99. The summed E-state index contributed by atoms with van der Waals surface area (Å²) >= 11 is 0. The molecule has 8 nitrogen and oxygen atoms in total. The SMILES string of the molecule is CCCCCCCCCCOCCCN(CCS(=O)(=O)O)C(=O)/C=C/C(=O)O.[Na]. The maximum atomic E-state index is 12.0. The zero-order valence-corrected chi connectivity index (χ0v) is 20.7. The predicted molar refractivity (Wildman–Crippen MR) is 114 cm³/mol. The number of carbonyl (C=O) groups excluding carboxylic acids is 1. The summed E-state index contributed by atoms with van der Waals surface area (Å²) in [4.78, 5) is 23.6. The van der Waals surface area contributed by atoms with Crippen LogP contribution < -0.4 is 0 Å². The van der Waals surface area contributed by atoms with Crippen LogP contribution >= 0.6 is 0 Å². The first kappa shape index (κ1) is 30.7. The summed E-state index contributed by atoms with van der Waals surface area (Å²) in [6.45, 7) is 3.28. The van der Waals surface area contributed by atoms with Crippen LogP contribution in [0.1, 0.15) is 64.7 Å². The van der Waals surface area contributed by atoms with Crippen molar-refractivity contribution in [3.63, 3.8) is 0 Å². The summed E-state index contributed by atoms with van der Waals surface area (Å²) in [5, 5.41) is 8.58. The molecule has 0 spiro atoms. The molecule has 0 aliphatic rings. The monoisotopic (exact) mass is 444 g/mol. The standard InChI is InChI=1S/C19H35NO7S.Na/c1-2-3-4-5-6-7-8-9-15-27-16-10-13-20(14-17-28(24,25)26)18(21)11-12-19(22)23;/h11-12H,2-10,13-17H2,1H3,(H,22,23)(H,24,25,26);/b12-11+;. The van der Waals surface area contributed by atoms with E-state index in [9.17, 15) is 18.0 Å². The second kappa shape index (κ2) is 19.5. The topological polar surface area (TPSA) is 121 Å². The third kappa shape index (κ3) is 22.1. The van der Waals surface area contributed by atoms with E-state index < -0.39 is 27.7 Å². The minimum Gasteiger partial charge on any atom is -0.478 e. The second-order valence-electron chi connectivity index (χ2n) is 6.72. The third-order valence-electron chi connectivity index (χ3n) is 4.16. The van der Waals surface area contributed by atoms with Crippen molar-refractivity contribution < 1.29 is 32.4 Å². The minimum absolute atomic E-state index is 0. The average molecular weight is 445 g/mol. The zero-order valence-electron chi connectivity index (χ0n) is 17.8. The average Bonchev–Trinajstić information content (AvgIpc) is 2.62. The van der Waals surface area contributed by atoms with Crippen LogP contribution in [0, 0.1) is 0 Å². The predicted octanol–water partition coefficient (Wildman–Crippen LogP) is 2.51. The van der Waals surface area contributed by atoms with Gasteiger partial charge in [0.1, 0.15) is 0 Å². The van der Waals surface area contributed by atoms with Crippen molar-refractivity contribution in [3.8, 4) is 0 Å². The van der Waals surface area contributed by atoms with Crippen molar-refractivity contribution in [1.82, 2.24) is 4.90 Å². The van der Waals surface area contributed by atoms with Gasteiger partial charge in [-0.15, -0.1) is 0 Å². The van der Waals surface area contributed by atoms with Crippen molar-refractivity contribution in [2.45, 2.75) is 64.7 Å². The molecular weight excluding hydrogens is 409 g/mol. The Morgan fingerprint density at radius 2 is 1.45 bits per heavy atom. The van der Waals surface area contributed by atoms with Gasteiger partial charge in [-0.1, -0.05) is 51.9 Å². The number of ether oxygens (including phenoxy) is 1. The van der Waals surface area contributed by atoms with Gasteiger partial charge < -0.3 is 14.7 Å². The van der Waals surface area contributed by atoms with E-state index in [1.165, 1.54) is 43.4 Å². The molecule has 0 aliphatic heterocycles. The Kier molecular flexibility index (Phi) is 20.7. The fraction of sp³-hybridized carbons (Fsp3) is 0.789. The Morgan fingerprint density at radius 3 is 2.00 bits per heavy atom. The number of aliphatic carboxylic acids is 1. The summed E-state index contributed by atoms with van der Waals surface area (Å²) in [7, 11) is -4.21. The maximum absolute atomic E-state index is 12.0. The molecule has 0 bridgehead atoms. The van der Waals surface area contributed by atoms with E-state index in [1.54, 1.807) is 0 Å². The first-order chi connectivity index (χ1) is 13.3. The molecule has 0 atom stereocenters. The minimum atomic E-state index is -4.21. The fourth-order valence-electron chi connectivity index (χ4n) is 2.60. The van der Waals surface area contributed by atoms with Gasteiger partial charge in [0.25, 0.3) is 10.1 Å². The van der Waals surface area contributed by atoms with E-state index in [0.29, 0.717) is 25.7 Å². The van der Waals surface area contributed by atoms with Gasteiger partial charge in [-0.2, -0.15) is 8.42 Å². The molecule has 0 heterocycles. The van der Waals surface area contributed by atoms with Crippen molar-refractivity contribution >= 4 is 51.6 Å². The van der Waals surface area contributed by atoms with Crippen LogP contribution in [0.5, 0.6) is 0 Å². The zero-order chi connectivity index (χ0) is 21.3. The molecule has 0 saturated heterocycles. The molecule has 0 aromatic rings. The van der Waals surface area contributed by atoms with E-state index in [1.807, 2.05) is 0 Å². The molecule has 29 heavy (non-hydrogen) atoms. The molecule has 10 heteroatoms. The van der Waals surface area contributed by atoms with Crippen LogP contribution in [-0.2, 0) is 24.4 Å². The number of unbranched alkanes of at least 4 members (excludes halogenated alkanes) is 7. The van der Waals surface area contributed by atoms with Crippen LogP contribution in [0.15, 0.2) is 12.2 Å². The van der Waals surface area contributed by atoms with Crippen LogP contribution in [0.3, 0.4) is 0 Å². The molecule has 0 aliphatic carbocycles.